The molecule has 3 nitrogen and oxygen atoms in total. The van der Waals surface area contributed by atoms with Gasteiger partial charge < -0.3 is 11.1 Å². The molecule has 0 aromatic rings. The van der Waals surface area contributed by atoms with Crippen LogP contribution in [0.4, 0.5) is 0 Å². The molecule has 0 unspecified atom stereocenters. The highest BCUT2D eigenvalue weighted by atomic mass is 16.1. The molecule has 1 aliphatic rings. The Kier molecular flexibility index (Phi) is 5.96. The third-order valence-electron chi connectivity index (χ3n) is 3.84. The van der Waals surface area contributed by atoms with Crippen LogP contribution in [0, 0.1) is 11.3 Å². The van der Waals surface area contributed by atoms with Crippen molar-refractivity contribution in [1.82, 2.24) is 5.32 Å². The van der Waals surface area contributed by atoms with Crippen LogP contribution in [-0.4, -0.2) is 19.0 Å². The summed E-state index contributed by atoms with van der Waals surface area (Å²) in [4.78, 5) is 11.7. The van der Waals surface area contributed by atoms with Crippen LogP contribution in [0.25, 0.3) is 0 Å². The van der Waals surface area contributed by atoms with Gasteiger partial charge >= 0.3 is 0 Å². The Balaban J connectivity index is 2.11. The Bertz CT molecular complexity index is 232. The van der Waals surface area contributed by atoms with Gasteiger partial charge in [0.1, 0.15) is 0 Å². The summed E-state index contributed by atoms with van der Waals surface area (Å²) in [5.41, 5.74) is 5.67. The average Bonchev–Trinajstić information content (AvgIpc) is 2.76. The summed E-state index contributed by atoms with van der Waals surface area (Å²) in [5.74, 6) is 1.01. The maximum absolute atomic E-state index is 11.7. The third kappa shape index (κ3) is 6.06. The fraction of sp³-hybridized carbons (Fsp3) is 0.929. The van der Waals surface area contributed by atoms with Gasteiger partial charge in [0.25, 0.3) is 0 Å². The molecule has 17 heavy (non-hydrogen) atoms. The lowest BCUT2D eigenvalue weighted by Crippen LogP contribution is -2.35. The van der Waals surface area contributed by atoms with Crippen LogP contribution in [0.15, 0.2) is 0 Å². The summed E-state index contributed by atoms with van der Waals surface area (Å²) in [6, 6.07) is 0. The fourth-order valence-electron chi connectivity index (χ4n) is 2.54. The molecule has 1 amide bonds. The Morgan fingerprint density at radius 2 is 2.00 bits per heavy atom. The standard InChI is InChI=1S/C14H28N2O/c1-14(2,9-10-15)11-16-13(17)8-7-12-5-3-4-6-12/h12H,3-11,15H2,1-2H3,(H,16,17). The summed E-state index contributed by atoms with van der Waals surface area (Å²) in [5, 5.41) is 3.04. The first-order valence-electron chi connectivity index (χ1n) is 7.00. The van der Waals surface area contributed by atoms with Crippen LogP contribution in [0.3, 0.4) is 0 Å². The molecule has 0 aliphatic heterocycles. The second-order valence-corrected chi connectivity index (χ2v) is 6.17. The minimum absolute atomic E-state index is 0.123. The molecule has 3 heteroatoms. The van der Waals surface area contributed by atoms with Gasteiger partial charge in [-0.05, 0) is 30.7 Å². The largest absolute Gasteiger partial charge is 0.356 e. The van der Waals surface area contributed by atoms with E-state index in [0.29, 0.717) is 13.0 Å². The highest BCUT2D eigenvalue weighted by molar-refractivity contribution is 5.75. The van der Waals surface area contributed by atoms with Crippen molar-refractivity contribution >= 4 is 5.91 Å². The first kappa shape index (κ1) is 14.5. The van der Waals surface area contributed by atoms with Crippen molar-refractivity contribution in [2.75, 3.05) is 13.1 Å². The lowest BCUT2D eigenvalue weighted by molar-refractivity contribution is -0.121. The SMILES string of the molecule is CC(C)(CCN)CNC(=O)CCC1CCCC1. The van der Waals surface area contributed by atoms with Crippen molar-refractivity contribution in [1.29, 1.82) is 0 Å². The maximum Gasteiger partial charge on any atom is 0.220 e. The van der Waals surface area contributed by atoms with Gasteiger partial charge in [0.05, 0.1) is 0 Å². The van der Waals surface area contributed by atoms with Gasteiger partial charge in [-0.15, -0.1) is 0 Å². The molecule has 0 heterocycles. The zero-order valence-corrected chi connectivity index (χ0v) is 11.4. The fourth-order valence-corrected chi connectivity index (χ4v) is 2.54. The van der Waals surface area contributed by atoms with Gasteiger partial charge in [0.2, 0.25) is 5.91 Å². The molecule has 0 bridgehead atoms. The number of carbonyl (C=O) groups is 1. The van der Waals surface area contributed by atoms with Gasteiger partial charge in [0, 0.05) is 13.0 Å². The minimum Gasteiger partial charge on any atom is -0.356 e. The summed E-state index contributed by atoms with van der Waals surface area (Å²) in [6.45, 7) is 5.73. The number of amides is 1. The minimum atomic E-state index is 0.123. The third-order valence-corrected chi connectivity index (χ3v) is 3.84. The molecule has 0 atom stereocenters. The van der Waals surface area contributed by atoms with Gasteiger partial charge in [-0.25, -0.2) is 0 Å². The number of rotatable bonds is 7. The van der Waals surface area contributed by atoms with E-state index in [0.717, 1.165) is 25.3 Å². The zero-order chi connectivity index (χ0) is 12.7. The van der Waals surface area contributed by atoms with Crippen molar-refractivity contribution in [3.05, 3.63) is 0 Å². The summed E-state index contributed by atoms with van der Waals surface area (Å²) in [7, 11) is 0. The first-order valence-corrected chi connectivity index (χ1v) is 7.00. The molecular formula is C14H28N2O. The highest BCUT2D eigenvalue weighted by Gasteiger charge is 2.19. The van der Waals surface area contributed by atoms with E-state index in [1.807, 2.05) is 0 Å². The van der Waals surface area contributed by atoms with Gasteiger partial charge in [-0.1, -0.05) is 39.5 Å². The maximum atomic E-state index is 11.7. The molecule has 1 saturated carbocycles. The molecule has 1 aliphatic carbocycles. The smallest absolute Gasteiger partial charge is 0.220 e. The summed E-state index contributed by atoms with van der Waals surface area (Å²) >= 11 is 0. The van der Waals surface area contributed by atoms with Crippen LogP contribution in [0.1, 0.15) is 58.8 Å². The van der Waals surface area contributed by atoms with E-state index < -0.39 is 0 Å². The molecule has 0 spiro atoms. The van der Waals surface area contributed by atoms with E-state index in [-0.39, 0.29) is 11.3 Å². The van der Waals surface area contributed by atoms with E-state index in [2.05, 4.69) is 19.2 Å². The molecule has 1 rings (SSSR count). The Morgan fingerprint density at radius 3 is 2.59 bits per heavy atom. The molecule has 0 aromatic heterocycles. The molecule has 1 fully saturated rings. The average molecular weight is 240 g/mol. The lowest BCUT2D eigenvalue weighted by atomic mass is 9.89. The van der Waals surface area contributed by atoms with E-state index in [1.165, 1.54) is 25.7 Å². The van der Waals surface area contributed by atoms with Crippen LogP contribution in [0.5, 0.6) is 0 Å². The number of nitrogens with one attached hydrogen (secondary N) is 1. The number of hydrogen-bond acceptors (Lipinski definition) is 2. The van der Waals surface area contributed by atoms with Crippen molar-refractivity contribution < 1.29 is 4.79 Å². The lowest BCUT2D eigenvalue weighted by Gasteiger charge is -2.24. The molecule has 0 saturated heterocycles. The number of hydrogen-bond donors (Lipinski definition) is 2. The van der Waals surface area contributed by atoms with Crippen molar-refractivity contribution in [3.8, 4) is 0 Å². The first-order chi connectivity index (χ1) is 8.03. The quantitative estimate of drug-likeness (QED) is 0.718. The zero-order valence-electron chi connectivity index (χ0n) is 11.4. The molecule has 3 N–H and O–H groups in total. The highest BCUT2D eigenvalue weighted by Crippen LogP contribution is 2.28. The van der Waals surface area contributed by atoms with Gasteiger partial charge in [0.15, 0.2) is 0 Å². The van der Waals surface area contributed by atoms with Gasteiger partial charge in [-0.3, -0.25) is 4.79 Å². The van der Waals surface area contributed by atoms with Crippen LogP contribution < -0.4 is 11.1 Å². The van der Waals surface area contributed by atoms with E-state index >= 15 is 0 Å². The Labute approximate surface area is 106 Å². The van der Waals surface area contributed by atoms with E-state index in [4.69, 9.17) is 5.73 Å². The van der Waals surface area contributed by atoms with Crippen LogP contribution in [0.2, 0.25) is 0 Å². The van der Waals surface area contributed by atoms with Crippen LogP contribution >= 0.6 is 0 Å². The second-order valence-electron chi connectivity index (χ2n) is 6.17. The molecule has 100 valence electrons. The van der Waals surface area contributed by atoms with Crippen molar-refractivity contribution in [2.45, 2.75) is 58.8 Å². The van der Waals surface area contributed by atoms with Crippen molar-refractivity contribution in [2.24, 2.45) is 17.1 Å². The number of nitrogens with two attached hydrogens (primary N) is 1. The number of carbonyl (C=O) groups excluding carboxylic acids is 1. The summed E-state index contributed by atoms with van der Waals surface area (Å²) in [6.07, 6.45) is 8.09. The predicted molar refractivity (Wildman–Crippen MR) is 71.7 cm³/mol. The topological polar surface area (TPSA) is 55.1 Å². The Hall–Kier alpha value is -0.570. The van der Waals surface area contributed by atoms with E-state index in [1.54, 1.807) is 0 Å². The second kappa shape index (κ2) is 7.00. The molecular weight excluding hydrogens is 212 g/mol. The Morgan fingerprint density at radius 1 is 1.35 bits per heavy atom. The molecule has 0 aromatic carbocycles. The molecule has 0 radical (unpaired) electrons. The predicted octanol–water partition coefficient (Wildman–Crippen LogP) is 2.45. The summed E-state index contributed by atoms with van der Waals surface area (Å²) < 4.78 is 0. The van der Waals surface area contributed by atoms with E-state index in [9.17, 15) is 4.79 Å². The normalized spacial score (nSPS) is 17.4. The van der Waals surface area contributed by atoms with Crippen molar-refractivity contribution in [3.63, 3.8) is 0 Å². The monoisotopic (exact) mass is 240 g/mol. The van der Waals surface area contributed by atoms with Crippen LogP contribution in [-0.2, 0) is 4.79 Å². The van der Waals surface area contributed by atoms with Gasteiger partial charge in [-0.2, -0.15) is 0 Å².